The molecule has 32 heavy (non-hydrogen) atoms. The van der Waals surface area contributed by atoms with Crippen LogP contribution in [0.2, 0.25) is 0 Å². The maximum atomic E-state index is 13.1. The van der Waals surface area contributed by atoms with Gasteiger partial charge in [-0.3, -0.25) is 9.59 Å². The van der Waals surface area contributed by atoms with E-state index in [4.69, 9.17) is 0 Å². The summed E-state index contributed by atoms with van der Waals surface area (Å²) in [5.74, 6) is 0.113. The minimum Gasteiger partial charge on any atom is -0.434 e. The number of hydrogen-bond acceptors (Lipinski definition) is 5. The Bertz CT molecular complexity index is 936. The van der Waals surface area contributed by atoms with Crippen molar-refractivity contribution in [2.75, 3.05) is 44.2 Å². The number of alkyl halides is 2. The van der Waals surface area contributed by atoms with Crippen molar-refractivity contribution < 1.29 is 23.1 Å². The number of benzene rings is 1. The van der Waals surface area contributed by atoms with Gasteiger partial charge in [0, 0.05) is 45.5 Å². The number of pyridine rings is 1. The number of aromatic nitrogens is 1. The van der Waals surface area contributed by atoms with Crippen molar-refractivity contribution in [2.24, 2.45) is 5.92 Å². The number of likely N-dealkylation sites (tertiary alicyclic amines) is 1. The number of piperazine rings is 1. The lowest BCUT2D eigenvalue weighted by atomic mass is 9.95. The van der Waals surface area contributed by atoms with Crippen LogP contribution in [0, 0.1) is 5.92 Å². The number of nitrogens with zero attached hydrogens (tertiary/aromatic N) is 4. The van der Waals surface area contributed by atoms with Crippen molar-refractivity contribution in [1.82, 2.24) is 14.8 Å². The molecule has 0 bridgehead atoms. The number of anilines is 1. The Balaban J connectivity index is 1.37. The Kier molecular flexibility index (Phi) is 6.82. The minimum absolute atomic E-state index is 0.0419. The molecule has 2 saturated heterocycles. The fourth-order valence-electron chi connectivity index (χ4n) is 4.33. The largest absolute Gasteiger partial charge is 0.434 e. The number of rotatable bonds is 5. The summed E-state index contributed by atoms with van der Waals surface area (Å²) in [4.78, 5) is 36.1. The van der Waals surface area contributed by atoms with Gasteiger partial charge in [-0.05, 0) is 37.1 Å². The van der Waals surface area contributed by atoms with Crippen LogP contribution in [0.15, 0.2) is 48.7 Å². The highest BCUT2D eigenvalue weighted by Gasteiger charge is 2.33. The van der Waals surface area contributed by atoms with Crippen LogP contribution < -0.4 is 9.64 Å². The van der Waals surface area contributed by atoms with Crippen LogP contribution in [0.4, 0.5) is 14.6 Å². The molecule has 1 atom stereocenters. The van der Waals surface area contributed by atoms with Crippen molar-refractivity contribution in [1.29, 1.82) is 0 Å². The third kappa shape index (κ3) is 4.98. The fourth-order valence-corrected chi connectivity index (χ4v) is 4.33. The predicted octanol–water partition coefficient (Wildman–Crippen LogP) is 2.88. The average molecular weight is 444 g/mol. The number of carbonyl (C=O) groups is 2. The summed E-state index contributed by atoms with van der Waals surface area (Å²) in [5.41, 5.74) is 0.0878. The van der Waals surface area contributed by atoms with E-state index in [0.29, 0.717) is 45.6 Å². The van der Waals surface area contributed by atoms with Gasteiger partial charge in [0.1, 0.15) is 11.6 Å². The first-order valence-electron chi connectivity index (χ1n) is 10.8. The minimum atomic E-state index is -3.01. The number of ether oxygens (including phenoxy) is 1. The second-order valence-electron chi connectivity index (χ2n) is 7.97. The molecule has 1 aromatic heterocycles. The van der Waals surface area contributed by atoms with E-state index in [9.17, 15) is 18.4 Å². The maximum absolute atomic E-state index is 13.1. The van der Waals surface area contributed by atoms with Crippen molar-refractivity contribution >= 4 is 17.6 Å². The SMILES string of the molecule is O=C(c1ccccc1OC(F)F)N1CCCC(C(=O)N2CCN(c3ccccn3)CC2)C1. The Morgan fingerprint density at radius 1 is 0.969 bits per heavy atom. The van der Waals surface area contributed by atoms with Crippen LogP contribution in [0.25, 0.3) is 0 Å². The van der Waals surface area contributed by atoms with Gasteiger partial charge < -0.3 is 19.4 Å². The van der Waals surface area contributed by atoms with Crippen LogP contribution in [-0.2, 0) is 4.79 Å². The highest BCUT2D eigenvalue weighted by Crippen LogP contribution is 2.26. The highest BCUT2D eigenvalue weighted by molar-refractivity contribution is 5.97. The maximum Gasteiger partial charge on any atom is 0.387 e. The molecule has 2 aliphatic rings. The summed E-state index contributed by atoms with van der Waals surface area (Å²) >= 11 is 0. The van der Waals surface area contributed by atoms with Crippen LogP contribution >= 0.6 is 0 Å². The molecular formula is C23H26F2N4O3. The van der Waals surface area contributed by atoms with Gasteiger partial charge in [0.15, 0.2) is 0 Å². The zero-order chi connectivity index (χ0) is 22.5. The van der Waals surface area contributed by atoms with E-state index < -0.39 is 12.5 Å². The van der Waals surface area contributed by atoms with Gasteiger partial charge in [-0.2, -0.15) is 8.78 Å². The van der Waals surface area contributed by atoms with Gasteiger partial charge in [-0.15, -0.1) is 0 Å². The van der Waals surface area contributed by atoms with E-state index >= 15 is 0 Å². The number of halogens is 2. The smallest absolute Gasteiger partial charge is 0.387 e. The molecule has 0 radical (unpaired) electrons. The first kappa shape index (κ1) is 22.0. The number of hydrogen-bond donors (Lipinski definition) is 0. The second-order valence-corrected chi connectivity index (χ2v) is 7.97. The van der Waals surface area contributed by atoms with Gasteiger partial charge >= 0.3 is 6.61 Å². The summed E-state index contributed by atoms with van der Waals surface area (Å²) in [7, 11) is 0. The van der Waals surface area contributed by atoms with Gasteiger partial charge in [0.05, 0.1) is 11.5 Å². The highest BCUT2D eigenvalue weighted by atomic mass is 19.3. The molecule has 170 valence electrons. The Morgan fingerprint density at radius 2 is 1.72 bits per heavy atom. The van der Waals surface area contributed by atoms with Gasteiger partial charge in [0.25, 0.3) is 5.91 Å². The lowest BCUT2D eigenvalue weighted by Gasteiger charge is -2.39. The molecule has 3 heterocycles. The van der Waals surface area contributed by atoms with Crippen LogP contribution in [0.5, 0.6) is 5.75 Å². The van der Waals surface area contributed by atoms with E-state index in [0.717, 1.165) is 5.82 Å². The Hall–Kier alpha value is -3.23. The summed E-state index contributed by atoms with van der Waals surface area (Å²) < 4.78 is 29.9. The lowest BCUT2D eigenvalue weighted by Crippen LogP contribution is -2.53. The third-order valence-electron chi connectivity index (χ3n) is 5.96. The van der Waals surface area contributed by atoms with E-state index in [1.54, 1.807) is 23.2 Å². The fraction of sp³-hybridized carbons (Fsp3) is 0.435. The molecule has 2 aliphatic heterocycles. The molecule has 0 spiro atoms. The van der Waals surface area contributed by atoms with Gasteiger partial charge in [0.2, 0.25) is 5.91 Å². The van der Waals surface area contributed by atoms with Crippen molar-refractivity contribution in [3.05, 3.63) is 54.2 Å². The molecule has 1 unspecified atom stereocenters. The topological polar surface area (TPSA) is 66.0 Å². The van der Waals surface area contributed by atoms with Crippen molar-refractivity contribution in [3.63, 3.8) is 0 Å². The summed E-state index contributed by atoms with van der Waals surface area (Å²) in [6.45, 7) is 0.368. The molecule has 4 rings (SSSR count). The molecule has 0 saturated carbocycles. The molecule has 9 heteroatoms. The summed E-state index contributed by atoms with van der Waals surface area (Å²) in [5, 5.41) is 0. The number of para-hydroxylation sites is 1. The Morgan fingerprint density at radius 3 is 2.44 bits per heavy atom. The number of carbonyl (C=O) groups excluding carboxylic acids is 2. The van der Waals surface area contributed by atoms with E-state index in [1.165, 1.54) is 12.1 Å². The molecular weight excluding hydrogens is 418 g/mol. The van der Waals surface area contributed by atoms with E-state index in [1.807, 2.05) is 23.1 Å². The van der Waals surface area contributed by atoms with Crippen LogP contribution in [0.3, 0.4) is 0 Å². The van der Waals surface area contributed by atoms with E-state index in [-0.39, 0.29) is 29.7 Å². The van der Waals surface area contributed by atoms with Gasteiger partial charge in [-0.25, -0.2) is 4.98 Å². The Labute approximate surface area is 185 Å². The van der Waals surface area contributed by atoms with E-state index in [2.05, 4.69) is 14.6 Å². The van der Waals surface area contributed by atoms with Crippen LogP contribution in [-0.4, -0.2) is 72.5 Å². The summed E-state index contributed by atoms with van der Waals surface area (Å²) in [6.07, 6.45) is 3.15. The first-order chi connectivity index (χ1) is 15.5. The van der Waals surface area contributed by atoms with Crippen molar-refractivity contribution in [2.45, 2.75) is 19.5 Å². The zero-order valence-corrected chi connectivity index (χ0v) is 17.7. The second kappa shape index (κ2) is 9.93. The quantitative estimate of drug-likeness (QED) is 0.710. The molecule has 0 N–H and O–H groups in total. The van der Waals surface area contributed by atoms with Crippen LogP contribution in [0.1, 0.15) is 23.2 Å². The molecule has 2 aromatic rings. The zero-order valence-electron chi connectivity index (χ0n) is 17.7. The summed E-state index contributed by atoms with van der Waals surface area (Å²) in [6, 6.07) is 11.8. The number of piperidine rings is 1. The van der Waals surface area contributed by atoms with Crippen molar-refractivity contribution in [3.8, 4) is 5.75 Å². The average Bonchev–Trinajstić information content (AvgIpc) is 2.84. The number of amides is 2. The molecule has 2 amide bonds. The molecule has 1 aromatic carbocycles. The molecule has 2 fully saturated rings. The van der Waals surface area contributed by atoms with Gasteiger partial charge in [-0.1, -0.05) is 18.2 Å². The third-order valence-corrected chi connectivity index (χ3v) is 5.96. The molecule has 7 nitrogen and oxygen atoms in total. The predicted molar refractivity (Wildman–Crippen MR) is 115 cm³/mol. The normalized spacial score (nSPS) is 19.2. The lowest BCUT2D eigenvalue weighted by molar-refractivity contribution is -0.137. The first-order valence-corrected chi connectivity index (χ1v) is 10.8. The monoisotopic (exact) mass is 444 g/mol. The standard InChI is InChI=1S/C23H26F2N4O3/c24-23(25)32-19-8-2-1-7-18(19)22(31)29-11-5-6-17(16-29)21(30)28-14-12-27(13-15-28)20-9-3-4-10-26-20/h1-4,7-10,17,23H,5-6,11-16H2. The molecule has 0 aliphatic carbocycles.